The third-order valence-corrected chi connectivity index (χ3v) is 6.19. The van der Waals surface area contributed by atoms with Gasteiger partial charge < -0.3 is 4.90 Å². The molecule has 0 saturated heterocycles. The molecular weight excluding hydrogens is 412 g/mol. The van der Waals surface area contributed by atoms with Crippen molar-refractivity contribution < 1.29 is 9.59 Å². The van der Waals surface area contributed by atoms with E-state index in [2.05, 4.69) is 51.3 Å². The number of nitrogens with one attached hydrogen (secondary N) is 1. The summed E-state index contributed by atoms with van der Waals surface area (Å²) in [5, 5.41) is 0. The molecule has 0 radical (unpaired) electrons. The van der Waals surface area contributed by atoms with E-state index in [0.29, 0.717) is 5.65 Å². The number of aromatic amines is 1. The quantitative estimate of drug-likeness (QED) is 0.532. The summed E-state index contributed by atoms with van der Waals surface area (Å²) in [5.74, 6) is 1.11. The predicted octanol–water partition coefficient (Wildman–Crippen LogP) is 3.63. The number of nitrogens with zero attached hydrogens (tertiary/aromatic N) is 3. The lowest BCUT2D eigenvalue weighted by Crippen LogP contribution is -2.24. The van der Waals surface area contributed by atoms with E-state index < -0.39 is 0 Å². The van der Waals surface area contributed by atoms with Gasteiger partial charge in [0.1, 0.15) is 0 Å². The maximum atomic E-state index is 12.6. The average Bonchev–Trinajstić information content (AvgIpc) is 3.00. The van der Waals surface area contributed by atoms with Crippen LogP contribution in [0.25, 0.3) is 16.9 Å². The van der Waals surface area contributed by atoms with Crippen LogP contribution in [0.5, 0.6) is 0 Å². The molecular formula is C23H20N4O3S. The van der Waals surface area contributed by atoms with Gasteiger partial charge in [0.25, 0.3) is 0 Å². The Morgan fingerprint density at radius 1 is 1.06 bits per heavy atom. The van der Waals surface area contributed by atoms with Crippen LogP contribution in [-0.2, 0) is 16.1 Å². The first-order chi connectivity index (χ1) is 15.2. The zero-order chi connectivity index (χ0) is 21.6. The van der Waals surface area contributed by atoms with Gasteiger partial charge in [0.05, 0.1) is 16.9 Å². The number of pyridine rings is 1. The maximum Gasteiger partial charge on any atom is 0.373 e. The molecule has 8 heteroatoms. The summed E-state index contributed by atoms with van der Waals surface area (Å²) in [4.78, 5) is 39.7. The number of benzene rings is 2. The average molecular weight is 433 g/mol. The number of hydrogen-bond acceptors (Lipinski definition) is 6. The highest BCUT2D eigenvalue weighted by Crippen LogP contribution is 2.36. The van der Waals surface area contributed by atoms with Crippen molar-refractivity contribution in [3.8, 4) is 5.69 Å². The number of imidazole rings is 1. The highest BCUT2D eigenvalue weighted by Gasteiger charge is 2.18. The van der Waals surface area contributed by atoms with Gasteiger partial charge in [0.2, 0.25) is 0 Å². The van der Waals surface area contributed by atoms with Crippen molar-refractivity contribution in [2.75, 3.05) is 17.2 Å². The van der Waals surface area contributed by atoms with Crippen LogP contribution < -0.4 is 10.6 Å². The molecule has 1 N–H and O–H groups in total. The Hall–Kier alpha value is -3.61. The van der Waals surface area contributed by atoms with E-state index in [9.17, 15) is 4.79 Å². The van der Waals surface area contributed by atoms with Gasteiger partial charge in [-0.1, -0.05) is 30.3 Å². The SMILES string of the molecule is O=C=O.O=c1[nH]c2ncccc2n1-c1ccc2c(c1)N(Cc1ccccc1)CCCS2. The van der Waals surface area contributed by atoms with Crippen LogP contribution in [-0.4, -0.2) is 33.0 Å². The molecule has 0 spiro atoms. The van der Waals surface area contributed by atoms with Crippen LogP contribution in [0.2, 0.25) is 0 Å². The number of H-pyrrole nitrogens is 1. The van der Waals surface area contributed by atoms with E-state index in [-0.39, 0.29) is 11.8 Å². The molecule has 0 bridgehead atoms. The number of hydrogen-bond donors (Lipinski definition) is 1. The van der Waals surface area contributed by atoms with Gasteiger partial charge in [0, 0.05) is 24.2 Å². The van der Waals surface area contributed by atoms with Gasteiger partial charge in [-0.2, -0.15) is 9.59 Å². The minimum Gasteiger partial charge on any atom is -0.366 e. The molecule has 2 aromatic carbocycles. The summed E-state index contributed by atoms with van der Waals surface area (Å²) in [6.07, 6.45) is 3.08. The first-order valence-electron chi connectivity index (χ1n) is 9.82. The first-order valence-corrected chi connectivity index (χ1v) is 10.8. The largest absolute Gasteiger partial charge is 0.373 e. The summed E-state index contributed by atoms with van der Waals surface area (Å²) < 4.78 is 1.71. The monoisotopic (exact) mass is 432 g/mol. The summed E-state index contributed by atoms with van der Waals surface area (Å²) in [6.45, 7) is 1.87. The molecule has 7 nitrogen and oxygen atoms in total. The Labute approximate surface area is 182 Å². The minimum atomic E-state index is -0.162. The third-order valence-electron chi connectivity index (χ3n) is 5.04. The van der Waals surface area contributed by atoms with E-state index >= 15 is 0 Å². The Morgan fingerprint density at radius 2 is 1.87 bits per heavy atom. The highest BCUT2D eigenvalue weighted by atomic mass is 32.2. The molecule has 31 heavy (non-hydrogen) atoms. The molecule has 0 unspecified atom stereocenters. The Bertz CT molecular complexity index is 1280. The molecule has 4 aromatic rings. The van der Waals surface area contributed by atoms with Crippen LogP contribution >= 0.6 is 11.8 Å². The second-order valence-electron chi connectivity index (χ2n) is 6.98. The highest BCUT2D eigenvalue weighted by molar-refractivity contribution is 7.99. The van der Waals surface area contributed by atoms with E-state index in [0.717, 1.165) is 36.5 Å². The molecule has 1 aliphatic rings. The van der Waals surface area contributed by atoms with Gasteiger partial charge in [-0.15, -0.1) is 11.8 Å². The number of anilines is 1. The Morgan fingerprint density at radius 3 is 2.68 bits per heavy atom. The Balaban J connectivity index is 0.000000730. The topological polar surface area (TPSA) is 88.1 Å². The molecule has 3 heterocycles. The molecule has 0 saturated carbocycles. The lowest BCUT2D eigenvalue weighted by Gasteiger charge is -2.25. The van der Waals surface area contributed by atoms with Gasteiger partial charge >= 0.3 is 11.8 Å². The summed E-state index contributed by atoms with van der Waals surface area (Å²) in [7, 11) is 0. The van der Waals surface area contributed by atoms with Crippen molar-refractivity contribution in [3.63, 3.8) is 0 Å². The second-order valence-corrected chi connectivity index (χ2v) is 8.12. The van der Waals surface area contributed by atoms with Crippen molar-refractivity contribution >= 4 is 34.8 Å². The molecule has 0 atom stereocenters. The first kappa shape index (κ1) is 20.7. The number of rotatable bonds is 3. The molecule has 0 amide bonds. The van der Waals surface area contributed by atoms with Gasteiger partial charge in [-0.3, -0.25) is 9.55 Å². The fourth-order valence-corrected chi connectivity index (χ4v) is 4.73. The zero-order valence-corrected chi connectivity index (χ0v) is 17.5. The fraction of sp³-hybridized carbons (Fsp3) is 0.174. The van der Waals surface area contributed by atoms with E-state index in [1.54, 1.807) is 10.8 Å². The van der Waals surface area contributed by atoms with Crippen molar-refractivity contribution in [2.45, 2.75) is 17.9 Å². The van der Waals surface area contributed by atoms with E-state index in [1.165, 1.54) is 16.1 Å². The van der Waals surface area contributed by atoms with E-state index in [4.69, 9.17) is 9.59 Å². The Kier molecular flexibility index (Phi) is 6.31. The van der Waals surface area contributed by atoms with Crippen LogP contribution in [0.1, 0.15) is 12.0 Å². The number of thioether (sulfide) groups is 1. The lowest BCUT2D eigenvalue weighted by atomic mass is 10.1. The summed E-state index contributed by atoms with van der Waals surface area (Å²) >= 11 is 1.89. The second kappa shape index (κ2) is 9.47. The normalized spacial score (nSPS) is 13.0. The lowest BCUT2D eigenvalue weighted by molar-refractivity contribution is -0.191. The summed E-state index contributed by atoms with van der Waals surface area (Å²) in [6, 6.07) is 20.6. The zero-order valence-electron chi connectivity index (χ0n) is 16.7. The fourth-order valence-electron chi connectivity index (χ4n) is 3.74. The molecule has 1 aliphatic heterocycles. The van der Waals surface area contributed by atoms with Crippen LogP contribution in [0, 0.1) is 0 Å². The van der Waals surface area contributed by atoms with Crippen molar-refractivity contribution in [1.82, 2.24) is 14.5 Å². The van der Waals surface area contributed by atoms with Gasteiger partial charge in [-0.05, 0) is 48.1 Å². The summed E-state index contributed by atoms with van der Waals surface area (Å²) in [5.41, 5.74) is 4.59. The van der Waals surface area contributed by atoms with Crippen molar-refractivity contribution in [3.05, 3.63) is 82.9 Å². The standard InChI is InChI=1S/C22H20N4OS.CO2/c27-22-24-21-18(8-4-11-23-21)26(22)17-9-10-20-19(14-17)25(12-5-13-28-20)15-16-6-2-1-3-7-16;2-1-3/h1-4,6-11,14H,5,12-13,15H2,(H,23,24,27);. The maximum absolute atomic E-state index is 12.6. The number of carbonyl (C=O) groups excluding carboxylic acids is 2. The molecule has 2 aromatic heterocycles. The minimum absolute atomic E-state index is 0.162. The van der Waals surface area contributed by atoms with Gasteiger partial charge in [0.15, 0.2) is 5.65 Å². The molecule has 0 aliphatic carbocycles. The molecule has 5 rings (SSSR count). The third kappa shape index (κ3) is 4.45. The van der Waals surface area contributed by atoms with Crippen LogP contribution in [0.3, 0.4) is 0 Å². The van der Waals surface area contributed by atoms with E-state index in [1.807, 2.05) is 36.0 Å². The molecule has 0 fully saturated rings. The number of fused-ring (bicyclic) bond motifs is 2. The van der Waals surface area contributed by atoms with Crippen molar-refractivity contribution in [1.29, 1.82) is 0 Å². The predicted molar refractivity (Wildman–Crippen MR) is 120 cm³/mol. The molecule has 156 valence electrons. The van der Waals surface area contributed by atoms with Gasteiger partial charge in [-0.25, -0.2) is 9.78 Å². The van der Waals surface area contributed by atoms with Crippen molar-refractivity contribution in [2.24, 2.45) is 0 Å². The van der Waals surface area contributed by atoms with Crippen LogP contribution in [0.4, 0.5) is 5.69 Å². The number of aromatic nitrogens is 3. The van der Waals surface area contributed by atoms with Crippen LogP contribution in [0.15, 0.2) is 76.6 Å². The smallest absolute Gasteiger partial charge is 0.366 e.